The Morgan fingerprint density at radius 2 is 0.964 bits per heavy atom. The summed E-state index contributed by atoms with van der Waals surface area (Å²) >= 11 is 20.2. The van der Waals surface area contributed by atoms with Crippen molar-refractivity contribution in [2.45, 2.75) is 76.4 Å². The number of aliphatic imine (C=N–C) groups is 3. The van der Waals surface area contributed by atoms with E-state index in [9.17, 15) is 59.5 Å². The molecule has 5 unspecified atom stereocenters. The molecule has 0 radical (unpaired) electrons. The van der Waals surface area contributed by atoms with Crippen molar-refractivity contribution >= 4 is 127 Å². The van der Waals surface area contributed by atoms with Gasteiger partial charge in [-0.2, -0.15) is 0 Å². The number of alkyl halides is 4. The van der Waals surface area contributed by atoms with Crippen LogP contribution >= 0.6 is 73.1 Å². The zero-order chi connectivity index (χ0) is 80.3. The Morgan fingerprint density at radius 3 is 1.31 bits per heavy atom. The molecule has 0 aliphatic carbocycles. The molecule has 112 heavy (non-hydrogen) atoms. The van der Waals surface area contributed by atoms with Gasteiger partial charge in [-0.05, 0) is 101 Å². The van der Waals surface area contributed by atoms with Crippen molar-refractivity contribution in [1.29, 1.82) is 0 Å². The summed E-state index contributed by atoms with van der Waals surface area (Å²) in [5.74, 6) is -9.16. The van der Waals surface area contributed by atoms with Crippen LogP contribution in [0.3, 0.4) is 0 Å². The van der Waals surface area contributed by atoms with Gasteiger partial charge in [-0.25, -0.2) is 69.7 Å². The molecule has 12 rings (SSSR count). The zero-order valence-electron chi connectivity index (χ0n) is 59.9. The Morgan fingerprint density at radius 1 is 0.580 bits per heavy atom. The maximum Gasteiger partial charge on any atom is 0.338 e. The highest BCUT2D eigenvalue weighted by atomic mass is 79.9. The molecule has 24 nitrogen and oxygen atoms in total. The summed E-state index contributed by atoms with van der Waals surface area (Å²) in [4.78, 5) is 104. The second kappa shape index (κ2) is 39.9. The van der Waals surface area contributed by atoms with Crippen molar-refractivity contribution in [3.05, 3.63) is 223 Å². The molecule has 3 saturated heterocycles. The van der Waals surface area contributed by atoms with Crippen molar-refractivity contribution < 1.29 is 88.7 Å². The molecule has 6 aliphatic rings. The number of piperidine rings is 3. The fourth-order valence-electron chi connectivity index (χ4n) is 13.1. The van der Waals surface area contributed by atoms with Gasteiger partial charge >= 0.3 is 29.8 Å². The first-order valence-electron chi connectivity index (χ1n) is 34.9. The smallest absolute Gasteiger partial charge is 0.338 e. The number of nitrogens with zero attached hydrogens (tertiary/aromatic N) is 9. The van der Waals surface area contributed by atoms with Crippen molar-refractivity contribution in [1.82, 2.24) is 45.6 Å². The van der Waals surface area contributed by atoms with Crippen molar-refractivity contribution in [3.63, 3.8) is 0 Å². The van der Waals surface area contributed by atoms with E-state index in [-0.39, 0.29) is 92.3 Å². The van der Waals surface area contributed by atoms with Crippen molar-refractivity contribution in [2.75, 3.05) is 78.7 Å². The predicted molar refractivity (Wildman–Crippen MR) is 410 cm³/mol. The molecule has 6 aromatic rings. The first-order chi connectivity index (χ1) is 53.7. The van der Waals surface area contributed by atoms with Gasteiger partial charge in [-0.3, -0.25) is 34.5 Å². The number of carboxylic acid groups (broad SMARTS) is 2. The average molecular weight is 1720 g/mol. The number of carbonyl (C=O) groups excluding carboxylic acids is 4. The lowest BCUT2D eigenvalue weighted by molar-refractivity contribution is -0.139. The minimum atomic E-state index is -3.03. The third kappa shape index (κ3) is 22.5. The van der Waals surface area contributed by atoms with Crippen LogP contribution in [0.15, 0.2) is 179 Å². The van der Waals surface area contributed by atoms with Gasteiger partial charge in [0.05, 0.1) is 49.3 Å². The number of rotatable bonds is 25. The van der Waals surface area contributed by atoms with Crippen LogP contribution in [-0.4, -0.2) is 191 Å². The van der Waals surface area contributed by atoms with E-state index >= 15 is 0 Å². The van der Waals surface area contributed by atoms with Gasteiger partial charge in [0.25, 0.3) is 12.4 Å². The molecule has 594 valence electrons. The predicted octanol–water partition coefficient (Wildman–Crippen LogP) is 12.9. The molecule has 5 N–H and O–H groups in total. The number of ether oxygens (including phenoxy) is 4. The highest BCUT2D eigenvalue weighted by molar-refractivity contribution is 9.10. The van der Waals surface area contributed by atoms with Crippen molar-refractivity contribution in [3.8, 4) is 0 Å². The van der Waals surface area contributed by atoms with Crippen LogP contribution in [0.25, 0.3) is 0 Å². The lowest BCUT2D eigenvalue weighted by Gasteiger charge is -2.38. The Bertz CT molecular complexity index is 4500. The quantitative estimate of drug-likeness (QED) is 0.00888. The van der Waals surface area contributed by atoms with Gasteiger partial charge in [0.2, 0.25) is 0 Å². The van der Waals surface area contributed by atoms with E-state index in [0.29, 0.717) is 96.7 Å². The molecule has 0 bridgehead atoms. The van der Waals surface area contributed by atoms with Gasteiger partial charge in [-0.15, -0.1) is 34.0 Å². The summed E-state index contributed by atoms with van der Waals surface area (Å²) in [6, 6.07) is 9.07. The van der Waals surface area contributed by atoms with Crippen LogP contribution in [0.5, 0.6) is 0 Å². The fourth-order valence-corrected chi connectivity index (χ4v) is 16.0. The topological polar surface area (TPSA) is 301 Å². The van der Waals surface area contributed by atoms with Gasteiger partial charge in [0.1, 0.15) is 47.9 Å². The molecule has 6 aliphatic heterocycles. The number of nitrogens with one attached hydrogen (secondary N) is 3. The normalized spacial score (nSPS) is 22.3. The van der Waals surface area contributed by atoms with Crippen LogP contribution in [0.4, 0.5) is 30.7 Å². The van der Waals surface area contributed by atoms with E-state index < -0.39 is 114 Å². The molecule has 3 aromatic carbocycles. The Labute approximate surface area is 668 Å². The van der Waals surface area contributed by atoms with Crippen LogP contribution in [0, 0.1) is 35.2 Å². The molecule has 0 saturated carbocycles. The third-order valence-electron chi connectivity index (χ3n) is 18.0. The third-order valence-corrected chi connectivity index (χ3v) is 21.7. The van der Waals surface area contributed by atoms with E-state index in [4.69, 9.17) is 57.6 Å². The number of aliphatic carboxylic acids is 2. The number of carbonyl (C=O) groups is 6. The number of hydrogen-bond donors (Lipinski definition) is 5. The number of likely N-dealkylation sites (tertiary alicyclic amines) is 3. The Balaban J connectivity index is 0.000000178. The highest BCUT2D eigenvalue weighted by Gasteiger charge is 2.43. The van der Waals surface area contributed by atoms with Gasteiger partial charge in [-0.1, -0.05) is 69.5 Å². The highest BCUT2D eigenvalue weighted by Crippen LogP contribution is 2.42. The first kappa shape index (κ1) is 85.1. The number of halogens is 10. The lowest BCUT2D eigenvalue weighted by atomic mass is 9.92. The van der Waals surface area contributed by atoms with Gasteiger partial charge in [0.15, 0.2) is 32.5 Å². The number of aromatic nitrogens is 3. The molecule has 37 heteroatoms. The zero-order valence-corrected chi connectivity index (χ0v) is 65.5. The summed E-state index contributed by atoms with van der Waals surface area (Å²) in [6.07, 6.45) is 9.90. The Hall–Kier alpha value is -9.33. The summed E-state index contributed by atoms with van der Waals surface area (Å²) in [5.41, 5.74) is 3.09. The van der Waals surface area contributed by atoms with E-state index in [2.05, 4.69) is 56.6 Å². The van der Waals surface area contributed by atoms with Gasteiger partial charge in [0, 0.05) is 147 Å². The standard InChI is InChI=1S/C25H25BrF2N4O4S.C25H24ClF3N4O4S.C25H25ClF2N4O4S/c1-2-36-25(35)21-19(13-32-9-7-14(18(28)12-32)3-6-20(33)34)30-23(24-29-8-10-37-24)31-22(21)16-5-4-15(27)11-17(16)26;1-2-37-24(35)20-19(12-33-11-15(5-7-36-14-34)10-25(28,29)13-33)31-22(23-30-6-8-38-23)32-21(20)17-4-3-16(27)9-18(17)26;1-2-36-25(35)21-19(13-32-9-7-14(18(28)12-32)3-6-20(33)34)30-23(24-29-8-10-37-24)31-22(21)16-5-4-15(27)11-17(16)26/h3-6,8,10-11,14,18,22H,2,7,9,12-13H2,1H3,(H,30,31)(H,33,34);3-9,14-15,21H,2,10-13H2,1H3,(H,31,32);3-6,8,10-11,14,18,22H,2,7,9,12-13H2,1H3,(H,30,31)(H,33,34)/b6-3+;7-5+;6-3+/t14?,18?,22-;15?,21-;14?,18?,22-/m000/s1. The molecule has 8 atom stereocenters. The van der Waals surface area contributed by atoms with E-state index in [1.165, 1.54) is 93.5 Å². The summed E-state index contributed by atoms with van der Waals surface area (Å²) < 4.78 is 122. The number of thiazole rings is 3. The number of hydrogen-bond acceptors (Lipinski definition) is 25. The minimum absolute atomic E-state index is 0.0433. The van der Waals surface area contributed by atoms with E-state index in [1.807, 2.05) is 9.80 Å². The second-order valence-electron chi connectivity index (χ2n) is 25.7. The maximum absolute atomic E-state index is 14.9. The summed E-state index contributed by atoms with van der Waals surface area (Å²) in [6.45, 7) is 6.56. The largest absolute Gasteiger partial charge is 0.478 e. The molecule has 3 aromatic heterocycles. The molecule has 9 heterocycles. The van der Waals surface area contributed by atoms with E-state index in [0.717, 1.165) is 30.5 Å². The van der Waals surface area contributed by atoms with Crippen LogP contribution < -0.4 is 16.0 Å². The summed E-state index contributed by atoms with van der Waals surface area (Å²) in [5, 5.41) is 34.4. The molecular weight excluding hydrogens is 1640 g/mol. The summed E-state index contributed by atoms with van der Waals surface area (Å²) in [7, 11) is 0. The fraction of sp³-hybridized carbons (Fsp3) is 0.360. The SMILES string of the molecule is CCOC(=O)C1=C(CN2CC(/C=C/OC=O)CC(F)(F)C2)NC(c2nccs2)=N[C@H]1c1ccc(F)cc1Cl.CCOC(=O)C1=C(CN2CCC(/C=C/C(=O)O)C(F)C2)NC(c2nccs2)=N[C@H]1c1ccc(F)cc1Br.CCOC(=O)C1=C(CN2CCC(/C=C/C(=O)O)C(F)C2)NC(c2nccs2)=N[C@H]1c1ccc(F)cc1Cl. The lowest BCUT2D eigenvalue weighted by Crippen LogP contribution is -2.49. The van der Waals surface area contributed by atoms with Crippen molar-refractivity contribution in [2.24, 2.45) is 32.7 Å². The average Bonchev–Trinajstić information content (AvgIpc) is 1.13. The number of carboxylic acids is 2. The molecular formula is C75H74BrCl2F7N12O12S3. The molecule has 0 spiro atoms. The van der Waals surface area contributed by atoms with Crippen LogP contribution in [0.2, 0.25) is 10.0 Å². The molecule has 0 amide bonds. The maximum atomic E-state index is 14.9. The van der Waals surface area contributed by atoms with Crippen LogP contribution in [-0.2, 0) is 47.7 Å². The Kier molecular flexibility index (Phi) is 30.3. The molecule has 3 fully saturated rings. The monoisotopic (exact) mass is 1710 g/mol. The minimum Gasteiger partial charge on any atom is -0.478 e. The number of allylic oxidation sites excluding steroid dienone is 2. The second-order valence-corrected chi connectivity index (χ2v) is 30.1. The number of amidine groups is 3. The van der Waals surface area contributed by atoms with Crippen LogP contribution in [0.1, 0.15) is 89.9 Å². The number of esters is 3. The number of benzene rings is 3. The van der Waals surface area contributed by atoms with E-state index in [1.54, 1.807) is 61.6 Å². The van der Waals surface area contributed by atoms with Gasteiger partial charge < -0.3 is 45.1 Å². The first-order valence-corrected chi connectivity index (χ1v) is 39.1.